The lowest BCUT2D eigenvalue weighted by atomic mass is 10.0. The third kappa shape index (κ3) is 21.7. The standard InChI is InChI=1S/C30H54N/c1-26(2)23-24-30(6)19-13-12-17-27(3)16-10-11-18-28(4)20-14-21-29(5)22-15-25-31(7,8)9/h13,16,18-19,21,23,30H,10-12,14-15,17,20,22,24-25H2,1-9H3/q+1/b19-13+,27-16+,28-18-,29-21+. The van der Waals surface area contributed by atoms with Gasteiger partial charge < -0.3 is 4.48 Å². The van der Waals surface area contributed by atoms with Gasteiger partial charge in [-0.2, -0.15) is 0 Å². The smallest absolute Gasteiger partial charge is 0.0783 e. The molecule has 0 aromatic heterocycles. The minimum absolute atomic E-state index is 0.647. The molecule has 0 aliphatic carbocycles. The predicted molar refractivity (Wildman–Crippen MR) is 143 cm³/mol. The van der Waals surface area contributed by atoms with Crippen molar-refractivity contribution in [3.8, 4) is 0 Å². The van der Waals surface area contributed by atoms with Gasteiger partial charge in [0.15, 0.2) is 0 Å². The molecule has 0 aliphatic heterocycles. The Kier molecular flexibility index (Phi) is 16.5. The van der Waals surface area contributed by atoms with Crippen LogP contribution in [-0.4, -0.2) is 32.2 Å². The molecular formula is C30H54N+. The van der Waals surface area contributed by atoms with E-state index in [1.165, 1.54) is 68.2 Å². The molecule has 0 fully saturated rings. The van der Waals surface area contributed by atoms with Crippen molar-refractivity contribution >= 4 is 0 Å². The van der Waals surface area contributed by atoms with Crippen LogP contribution in [0.15, 0.2) is 58.7 Å². The number of quaternary nitrogens is 1. The van der Waals surface area contributed by atoms with Crippen molar-refractivity contribution in [2.45, 2.75) is 99.3 Å². The molecule has 0 rings (SSSR count). The van der Waals surface area contributed by atoms with Crippen LogP contribution in [0.4, 0.5) is 0 Å². The maximum atomic E-state index is 2.45. The molecule has 1 unspecified atom stereocenters. The zero-order chi connectivity index (χ0) is 23.7. The Balaban J connectivity index is 4.02. The van der Waals surface area contributed by atoms with Crippen LogP contribution in [0.1, 0.15) is 99.3 Å². The fraction of sp³-hybridized carbons (Fsp3) is 0.667. The van der Waals surface area contributed by atoms with Gasteiger partial charge >= 0.3 is 0 Å². The summed E-state index contributed by atoms with van der Waals surface area (Å²) in [6.07, 6.45) is 25.2. The summed E-state index contributed by atoms with van der Waals surface area (Å²) in [4.78, 5) is 0. The Labute approximate surface area is 196 Å². The summed E-state index contributed by atoms with van der Waals surface area (Å²) in [5.74, 6) is 0.647. The summed E-state index contributed by atoms with van der Waals surface area (Å²) < 4.78 is 1.07. The number of unbranched alkanes of at least 4 members (excludes halogenated alkanes) is 1. The highest BCUT2D eigenvalue weighted by atomic mass is 15.3. The minimum atomic E-state index is 0.647. The van der Waals surface area contributed by atoms with E-state index in [0.29, 0.717) is 5.92 Å². The molecule has 0 amide bonds. The maximum Gasteiger partial charge on any atom is 0.0783 e. The summed E-state index contributed by atoms with van der Waals surface area (Å²) in [6, 6.07) is 0. The highest BCUT2D eigenvalue weighted by Crippen LogP contribution is 2.14. The molecule has 0 aromatic rings. The summed E-state index contributed by atoms with van der Waals surface area (Å²) in [5.41, 5.74) is 6.04. The monoisotopic (exact) mass is 428 g/mol. The van der Waals surface area contributed by atoms with E-state index in [-0.39, 0.29) is 0 Å². The number of hydrogen-bond donors (Lipinski definition) is 0. The quantitative estimate of drug-likeness (QED) is 0.130. The number of hydrogen-bond acceptors (Lipinski definition) is 0. The number of allylic oxidation sites excluding steroid dienone is 10. The molecule has 0 spiro atoms. The van der Waals surface area contributed by atoms with E-state index in [1.807, 2.05) is 0 Å². The highest BCUT2D eigenvalue weighted by Gasteiger charge is 2.05. The third-order valence-corrected chi connectivity index (χ3v) is 5.65. The SMILES string of the molecule is CC(C)=CCC(C)/C=C/CC/C(C)=C/CC/C=C(/C)CC/C=C(\C)CCC[N+](C)(C)C. The van der Waals surface area contributed by atoms with E-state index in [1.54, 1.807) is 5.57 Å². The van der Waals surface area contributed by atoms with Gasteiger partial charge in [0.05, 0.1) is 27.7 Å². The minimum Gasteiger partial charge on any atom is -0.331 e. The summed E-state index contributed by atoms with van der Waals surface area (Å²) in [6.45, 7) is 14.8. The first kappa shape index (κ1) is 29.7. The Morgan fingerprint density at radius 3 is 1.74 bits per heavy atom. The maximum absolute atomic E-state index is 2.45. The molecule has 1 nitrogen and oxygen atoms in total. The van der Waals surface area contributed by atoms with Gasteiger partial charge in [0.1, 0.15) is 0 Å². The normalized spacial score (nSPS) is 14.9. The molecule has 0 N–H and O–H groups in total. The Morgan fingerprint density at radius 2 is 1.19 bits per heavy atom. The Morgan fingerprint density at radius 1 is 0.677 bits per heavy atom. The van der Waals surface area contributed by atoms with E-state index in [9.17, 15) is 0 Å². The molecule has 1 atom stereocenters. The van der Waals surface area contributed by atoms with Gasteiger partial charge in [-0.05, 0) is 91.9 Å². The fourth-order valence-corrected chi connectivity index (χ4v) is 3.48. The van der Waals surface area contributed by atoms with Crippen molar-refractivity contribution in [1.82, 2.24) is 0 Å². The van der Waals surface area contributed by atoms with Gasteiger partial charge in [-0.3, -0.25) is 0 Å². The summed E-state index contributed by atoms with van der Waals surface area (Å²) >= 11 is 0. The lowest BCUT2D eigenvalue weighted by Crippen LogP contribution is -2.35. The molecule has 31 heavy (non-hydrogen) atoms. The van der Waals surface area contributed by atoms with E-state index in [0.717, 1.165) is 17.3 Å². The first-order valence-corrected chi connectivity index (χ1v) is 12.6. The van der Waals surface area contributed by atoms with Crippen LogP contribution < -0.4 is 0 Å². The van der Waals surface area contributed by atoms with E-state index < -0.39 is 0 Å². The Hall–Kier alpha value is -1.34. The van der Waals surface area contributed by atoms with Gasteiger partial charge in [-0.1, -0.05) is 65.7 Å². The molecule has 0 heterocycles. The van der Waals surface area contributed by atoms with Crippen molar-refractivity contribution in [1.29, 1.82) is 0 Å². The van der Waals surface area contributed by atoms with Crippen LogP contribution in [0.5, 0.6) is 0 Å². The van der Waals surface area contributed by atoms with Gasteiger partial charge in [0.2, 0.25) is 0 Å². The second kappa shape index (κ2) is 17.2. The van der Waals surface area contributed by atoms with Gasteiger partial charge in [-0.25, -0.2) is 0 Å². The lowest BCUT2D eigenvalue weighted by Gasteiger charge is -2.23. The van der Waals surface area contributed by atoms with Crippen molar-refractivity contribution in [3.63, 3.8) is 0 Å². The topological polar surface area (TPSA) is 0 Å². The molecule has 0 radical (unpaired) electrons. The average Bonchev–Trinajstić information content (AvgIpc) is 2.66. The fourth-order valence-electron chi connectivity index (χ4n) is 3.48. The number of nitrogens with zero attached hydrogens (tertiary/aromatic N) is 1. The largest absolute Gasteiger partial charge is 0.331 e. The molecule has 0 aliphatic rings. The van der Waals surface area contributed by atoms with Crippen LogP contribution in [-0.2, 0) is 0 Å². The van der Waals surface area contributed by atoms with E-state index in [4.69, 9.17) is 0 Å². The molecule has 0 bridgehead atoms. The first-order chi connectivity index (χ1) is 14.5. The van der Waals surface area contributed by atoms with E-state index in [2.05, 4.69) is 99.1 Å². The van der Waals surface area contributed by atoms with Gasteiger partial charge in [0.25, 0.3) is 0 Å². The van der Waals surface area contributed by atoms with Gasteiger partial charge in [-0.15, -0.1) is 0 Å². The summed E-state index contributed by atoms with van der Waals surface area (Å²) in [7, 11) is 6.82. The zero-order valence-corrected chi connectivity index (χ0v) is 22.6. The van der Waals surface area contributed by atoms with Crippen LogP contribution in [0.2, 0.25) is 0 Å². The first-order valence-electron chi connectivity index (χ1n) is 12.6. The lowest BCUT2D eigenvalue weighted by molar-refractivity contribution is -0.870. The number of rotatable bonds is 16. The van der Waals surface area contributed by atoms with Crippen molar-refractivity contribution < 1.29 is 4.48 Å². The second-order valence-electron chi connectivity index (χ2n) is 10.8. The second-order valence-corrected chi connectivity index (χ2v) is 10.8. The molecular weight excluding hydrogens is 374 g/mol. The Bertz CT molecular complexity index is 615. The zero-order valence-electron chi connectivity index (χ0n) is 22.6. The van der Waals surface area contributed by atoms with Crippen LogP contribution in [0.3, 0.4) is 0 Å². The van der Waals surface area contributed by atoms with E-state index >= 15 is 0 Å². The molecule has 0 saturated carbocycles. The van der Waals surface area contributed by atoms with Crippen LogP contribution in [0, 0.1) is 5.92 Å². The van der Waals surface area contributed by atoms with Crippen molar-refractivity contribution in [3.05, 3.63) is 58.7 Å². The van der Waals surface area contributed by atoms with Gasteiger partial charge in [0, 0.05) is 6.42 Å². The van der Waals surface area contributed by atoms with Crippen LogP contribution in [0.25, 0.3) is 0 Å². The van der Waals surface area contributed by atoms with Crippen molar-refractivity contribution in [2.75, 3.05) is 27.7 Å². The predicted octanol–water partition coefficient (Wildman–Crippen LogP) is 9.20. The third-order valence-electron chi connectivity index (χ3n) is 5.65. The molecule has 0 aromatic carbocycles. The summed E-state index contributed by atoms with van der Waals surface area (Å²) in [5, 5.41) is 0. The molecule has 178 valence electrons. The molecule has 0 saturated heterocycles. The average molecular weight is 429 g/mol. The van der Waals surface area contributed by atoms with Crippen molar-refractivity contribution in [2.24, 2.45) is 5.92 Å². The highest BCUT2D eigenvalue weighted by molar-refractivity contribution is 5.06. The van der Waals surface area contributed by atoms with Crippen LogP contribution >= 0.6 is 0 Å². The molecule has 1 heteroatoms.